The van der Waals surface area contributed by atoms with Gasteiger partial charge in [-0.05, 0) is 36.6 Å². The van der Waals surface area contributed by atoms with E-state index in [0.717, 1.165) is 0 Å². The standard InChI is InChI=1S/C16H36P.C3H9S/c1-5-9-13-17(14-10-6-2,15-11-7-3)16-12-8-4;1-4(2)3/h5-16H2,1-4H3;1-3H3/q2*+1. The van der Waals surface area contributed by atoms with Gasteiger partial charge in [-0.1, -0.05) is 53.4 Å². The Kier molecular flexibility index (Phi) is 19.6. The Hall–Kier alpha value is 0.780. The second-order valence-corrected chi connectivity index (χ2v) is 13.8. The van der Waals surface area contributed by atoms with Gasteiger partial charge in [-0.15, -0.1) is 0 Å². The van der Waals surface area contributed by atoms with Crippen LogP contribution >= 0.6 is 7.26 Å². The molecule has 0 aliphatic heterocycles. The van der Waals surface area contributed by atoms with Gasteiger partial charge in [-0.25, -0.2) is 0 Å². The third kappa shape index (κ3) is 17.0. The maximum atomic E-state index is 2.36. The average Bonchev–Trinajstić information content (AvgIpc) is 2.45. The Bertz CT molecular complexity index is 152. The lowest BCUT2D eigenvalue weighted by molar-refractivity contribution is 0.814. The highest BCUT2D eigenvalue weighted by Crippen LogP contribution is 2.61. The summed E-state index contributed by atoms with van der Waals surface area (Å²) in [5, 5.41) is 0. The molecule has 0 spiro atoms. The van der Waals surface area contributed by atoms with Crippen LogP contribution in [0.5, 0.6) is 0 Å². The monoisotopic (exact) mass is 336 g/mol. The van der Waals surface area contributed by atoms with Gasteiger partial charge in [0.15, 0.2) is 0 Å². The summed E-state index contributed by atoms with van der Waals surface area (Å²) < 4.78 is 0. The molecular weight excluding hydrogens is 291 g/mol. The second-order valence-electron chi connectivity index (χ2n) is 6.88. The summed E-state index contributed by atoms with van der Waals surface area (Å²) in [5.74, 6) is 0. The van der Waals surface area contributed by atoms with Crippen molar-refractivity contribution in [3.63, 3.8) is 0 Å². The Morgan fingerprint density at radius 1 is 0.524 bits per heavy atom. The summed E-state index contributed by atoms with van der Waals surface area (Å²) in [5.41, 5.74) is 0. The minimum Gasteiger partial charge on any atom is -0.0652 e. The van der Waals surface area contributed by atoms with Crippen LogP contribution in [0.3, 0.4) is 0 Å². The summed E-state index contributed by atoms with van der Waals surface area (Å²) in [7, 11) is 0.0766. The molecule has 2 heteroatoms. The summed E-state index contributed by atoms with van der Waals surface area (Å²) >= 11 is 0. The molecule has 0 atom stereocenters. The number of hydrogen-bond donors (Lipinski definition) is 0. The van der Waals surface area contributed by atoms with E-state index in [1.54, 1.807) is 24.6 Å². The molecule has 0 aliphatic rings. The zero-order valence-corrected chi connectivity index (χ0v) is 18.1. The topological polar surface area (TPSA) is 0 Å². The van der Waals surface area contributed by atoms with Gasteiger partial charge in [0.25, 0.3) is 0 Å². The van der Waals surface area contributed by atoms with Gasteiger partial charge < -0.3 is 0 Å². The third-order valence-corrected chi connectivity index (χ3v) is 9.00. The van der Waals surface area contributed by atoms with E-state index in [-0.39, 0.29) is 0 Å². The van der Waals surface area contributed by atoms with E-state index in [1.807, 2.05) is 0 Å². The van der Waals surface area contributed by atoms with E-state index in [1.165, 1.54) is 51.4 Å². The van der Waals surface area contributed by atoms with E-state index in [4.69, 9.17) is 0 Å². The quantitative estimate of drug-likeness (QED) is 0.275. The summed E-state index contributed by atoms with van der Waals surface area (Å²) in [6.45, 7) is 9.42. The summed E-state index contributed by atoms with van der Waals surface area (Å²) in [4.78, 5) is 0. The maximum absolute atomic E-state index is 2.36. The molecule has 0 N–H and O–H groups in total. The Labute approximate surface area is 140 Å². The van der Waals surface area contributed by atoms with Crippen molar-refractivity contribution in [3.8, 4) is 0 Å². The van der Waals surface area contributed by atoms with Crippen molar-refractivity contribution in [2.75, 3.05) is 43.4 Å². The smallest absolute Gasteiger partial charge is 0.0652 e. The first-order valence-electron chi connectivity index (χ1n) is 9.32. The predicted octanol–water partition coefficient (Wildman–Crippen LogP) is 6.70. The lowest BCUT2D eigenvalue weighted by Gasteiger charge is -2.28. The van der Waals surface area contributed by atoms with Gasteiger partial charge in [0.05, 0.1) is 43.4 Å². The van der Waals surface area contributed by atoms with E-state index in [2.05, 4.69) is 46.5 Å². The van der Waals surface area contributed by atoms with Crippen LogP contribution in [0.2, 0.25) is 0 Å². The molecule has 0 nitrogen and oxygen atoms in total. The van der Waals surface area contributed by atoms with Crippen molar-refractivity contribution in [1.29, 1.82) is 0 Å². The van der Waals surface area contributed by atoms with Crippen LogP contribution in [0.25, 0.3) is 0 Å². The van der Waals surface area contributed by atoms with Crippen LogP contribution in [-0.4, -0.2) is 43.4 Å². The Morgan fingerprint density at radius 3 is 0.857 bits per heavy atom. The molecule has 0 aromatic heterocycles. The minimum atomic E-state index is -0.562. The van der Waals surface area contributed by atoms with Crippen molar-refractivity contribution in [1.82, 2.24) is 0 Å². The molecular formula is C19H45PS+2. The molecule has 21 heavy (non-hydrogen) atoms. The number of hydrogen-bond acceptors (Lipinski definition) is 0. The van der Waals surface area contributed by atoms with Gasteiger partial charge in [0.1, 0.15) is 0 Å². The molecule has 0 aromatic carbocycles. The molecule has 0 aliphatic carbocycles. The molecule has 0 saturated carbocycles. The molecule has 0 unspecified atom stereocenters. The molecule has 0 radical (unpaired) electrons. The Morgan fingerprint density at radius 2 is 0.714 bits per heavy atom. The normalized spacial score (nSPS) is 11.4. The predicted molar refractivity (Wildman–Crippen MR) is 111 cm³/mol. The third-order valence-electron chi connectivity index (χ3n) is 3.94. The van der Waals surface area contributed by atoms with Gasteiger partial charge in [-0.3, -0.25) is 0 Å². The van der Waals surface area contributed by atoms with E-state index < -0.39 is 7.26 Å². The zero-order valence-electron chi connectivity index (χ0n) is 16.3. The second kappa shape index (κ2) is 17.1. The zero-order chi connectivity index (χ0) is 16.6. The highest BCUT2D eigenvalue weighted by atomic mass is 32.2. The first-order valence-corrected chi connectivity index (χ1v) is 14.3. The van der Waals surface area contributed by atoms with E-state index in [0.29, 0.717) is 10.9 Å². The van der Waals surface area contributed by atoms with Crippen LogP contribution in [0, 0.1) is 0 Å². The highest BCUT2D eigenvalue weighted by Gasteiger charge is 2.34. The molecule has 0 bridgehead atoms. The average molecular weight is 337 g/mol. The lowest BCUT2D eigenvalue weighted by Crippen LogP contribution is -2.12. The summed E-state index contributed by atoms with van der Waals surface area (Å²) in [6, 6.07) is 0. The fraction of sp³-hybridized carbons (Fsp3) is 1.00. The SMILES string of the molecule is CCCC[P+](CCCC)(CCCC)CCCC.C[S+](C)C. The molecule has 0 rings (SSSR count). The molecule has 130 valence electrons. The van der Waals surface area contributed by atoms with Crippen LogP contribution in [0.4, 0.5) is 0 Å². The van der Waals surface area contributed by atoms with Gasteiger partial charge in [-0.2, -0.15) is 0 Å². The van der Waals surface area contributed by atoms with Crippen molar-refractivity contribution < 1.29 is 0 Å². The molecule has 0 fully saturated rings. The molecule has 0 heterocycles. The molecule has 0 amide bonds. The molecule has 0 saturated heterocycles. The maximum Gasteiger partial charge on any atom is 0.0969 e. The van der Waals surface area contributed by atoms with Gasteiger partial charge >= 0.3 is 0 Å². The number of rotatable bonds is 12. The van der Waals surface area contributed by atoms with E-state index >= 15 is 0 Å². The fourth-order valence-electron chi connectivity index (χ4n) is 2.64. The largest absolute Gasteiger partial charge is 0.0969 e. The molecule has 0 aromatic rings. The summed E-state index contributed by atoms with van der Waals surface area (Å²) in [6.07, 6.45) is 24.5. The first-order chi connectivity index (χ1) is 9.97. The van der Waals surface area contributed by atoms with Crippen molar-refractivity contribution in [2.24, 2.45) is 0 Å². The highest BCUT2D eigenvalue weighted by molar-refractivity contribution is 7.94. The van der Waals surface area contributed by atoms with Gasteiger partial charge in [0.2, 0.25) is 0 Å². The minimum absolute atomic E-state index is 0.562. The lowest BCUT2D eigenvalue weighted by atomic mass is 10.4. The van der Waals surface area contributed by atoms with E-state index in [9.17, 15) is 0 Å². The van der Waals surface area contributed by atoms with Crippen LogP contribution < -0.4 is 0 Å². The first kappa shape index (κ1) is 24.0. The van der Waals surface area contributed by atoms with Gasteiger partial charge in [0, 0.05) is 7.26 Å². The van der Waals surface area contributed by atoms with Crippen molar-refractivity contribution >= 4 is 18.2 Å². The number of unbranched alkanes of at least 4 members (excludes halogenated alkanes) is 4. The van der Waals surface area contributed by atoms with Crippen molar-refractivity contribution in [2.45, 2.75) is 79.1 Å². The van der Waals surface area contributed by atoms with Crippen molar-refractivity contribution in [3.05, 3.63) is 0 Å². The Balaban J connectivity index is 0. The van der Waals surface area contributed by atoms with Crippen LogP contribution in [0.15, 0.2) is 0 Å². The van der Waals surface area contributed by atoms with Crippen LogP contribution in [0.1, 0.15) is 79.1 Å². The fourth-order valence-corrected chi connectivity index (χ4v) is 7.93. The van der Waals surface area contributed by atoms with Crippen LogP contribution in [-0.2, 0) is 10.9 Å².